The van der Waals surface area contributed by atoms with Crippen molar-refractivity contribution in [3.63, 3.8) is 0 Å². The van der Waals surface area contributed by atoms with Crippen LogP contribution in [0.4, 0.5) is 0 Å². The summed E-state index contributed by atoms with van der Waals surface area (Å²) in [5.74, 6) is 2.22. The van der Waals surface area contributed by atoms with Gasteiger partial charge >= 0.3 is 0 Å². The van der Waals surface area contributed by atoms with Crippen LogP contribution in [0.3, 0.4) is 0 Å². The fraction of sp³-hybridized carbons (Fsp3) is 0.727. The first-order valence-electron chi connectivity index (χ1n) is 5.46. The van der Waals surface area contributed by atoms with Crippen LogP contribution in [-0.2, 0) is 5.75 Å². The van der Waals surface area contributed by atoms with Gasteiger partial charge in [-0.2, -0.15) is 11.8 Å². The van der Waals surface area contributed by atoms with Crippen molar-refractivity contribution in [1.29, 1.82) is 0 Å². The summed E-state index contributed by atoms with van der Waals surface area (Å²) < 4.78 is 0. The van der Waals surface area contributed by atoms with E-state index in [1.54, 1.807) is 0 Å². The van der Waals surface area contributed by atoms with Gasteiger partial charge in [-0.05, 0) is 26.1 Å². The van der Waals surface area contributed by atoms with Gasteiger partial charge in [0, 0.05) is 16.7 Å². The summed E-state index contributed by atoms with van der Waals surface area (Å²) in [6.07, 6.45) is 0. The Morgan fingerprint density at radius 1 is 1.47 bits per heavy atom. The molecule has 2 nitrogen and oxygen atoms in total. The molecule has 0 amide bonds. The Bertz CT molecular complexity index is 297. The van der Waals surface area contributed by atoms with E-state index < -0.39 is 0 Å². The lowest BCUT2D eigenvalue weighted by Crippen LogP contribution is -2.17. The molecule has 15 heavy (non-hydrogen) atoms. The van der Waals surface area contributed by atoms with Crippen molar-refractivity contribution in [3.05, 3.63) is 15.6 Å². The summed E-state index contributed by atoms with van der Waals surface area (Å²) in [7, 11) is 0. The average molecular weight is 244 g/mol. The van der Waals surface area contributed by atoms with Crippen molar-refractivity contribution >= 4 is 23.1 Å². The normalized spacial score (nSPS) is 13.1. The molecule has 1 N–H and O–H groups in total. The highest BCUT2D eigenvalue weighted by Gasteiger charge is 2.12. The monoisotopic (exact) mass is 244 g/mol. The maximum absolute atomic E-state index is 4.61. The molecule has 86 valence electrons. The van der Waals surface area contributed by atoms with E-state index >= 15 is 0 Å². The third-order valence-electron chi connectivity index (χ3n) is 2.21. The highest BCUT2D eigenvalue weighted by atomic mass is 32.2. The van der Waals surface area contributed by atoms with Crippen LogP contribution in [0.5, 0.6) is 0 Å². The number of aromatic nitrogens is 1. The van der Waals surface area contributed by atoms with E-state index in [1.807, 2.05) is 23.1 Å². The van der Waals surface area contributed by atoms with Crippen molar-refractivity contribution in [2.24, 2.45) is 0 Å². The lowest BCUT2D eigenvalue weighted by molar-refractivity contribution is 0.603. The molecular formula is C11H20N2S2. The predicted molar refractivity (Wildman–Crippen MR) is 70.8 cm³/mol. The van der Waals surface area contributed by atoms with Gasteiger partial charge < -0.3 is 5.32 Å². The summed E-state index contributed by atoms with van der Waals surface area (Å²) in [6.45, 7) is 9.66. The lowest BCUT2D eigenvalue weighted by Gasteiger charge is -2.09. The van der Waals surface area contributed by atoms with E-state index in [2.05, 4.69) is 38.0 Å². The van der Waals surface area contributed by atoms with E-state index in [0.717, 1.165) is 18.1 Å². The molecule has 0 aliphatic carbocycles. The standard InChI is InChI=1S/C11H20N2S2/c1-5-12-8(3)11-9(4)13-10(15-11)7-14-6-2/h8,12H,5-7H2,1-4H3. The Morgan fingerprint density at radius 3 is 2.80 bits per heavy atom. The summed E-state index contributed by atoms with van der Waals surface area (Å²) in [6, 6.07) is 0.438. The minimum Gasteiger partial charge on any atom is -0.310 e. The van der Waals surface area contributed by atoms with Gasteiger partial charge in [-0.15, -0.1) is 11.3 Å². The van der Waals surface area contributed by atoms with Gasteiger partial charge in [0.05, 0.1) is 5.69 Å². The number of nitrogens with zero attached hydrogens (tertiary/aromatic N) is 1. The molecule has 1 aromatic rings. The van der Waals surface area contributed by atoms with Crippen LogP contribution in [0.2, 0.25) is 0 Å². The number of thioether (sulfide) groups is 1. The van der Waals surface area contributed by atoms with E-state index in [9.17, 15) is 0 Å². The average Bonchev–Trinajstić information content (AvgIpc) is 2.57. The summed E-state index contributed by atoms with van der Waals surface area (Å²) in [4.78, 5) is 6.00. The molecular weight excluding hydrogens is 224 g/mol. The molecule has 0 spiro atoms. The van der Waals surface area contributed by atoms with Crippen LogP contribution in [-0.4, -0.2) is 17.3 Å². The fourth-order valence-electron chi connectivity index (χ4n) is 1.52. The lowest BCUT2D eigenvalue weighted by atomic mass is 10.2. The third-order valence-corrected chi connectivity index (χ3v) is 4.62. The molecule has 4 heteroatoms. The van der Waals surface area contributed by atoms with E-state index in [-0.39, 0.29) is 0 Å². The zero-order valence-electron chi connectivity index (χ0n) is 9.96. The quantitative estimate of drug-likeness (QED) is 0.830. The zero-order chi connectivity index (χ0) is 11.3. The number of hydrogen-bond donors (Lipinski definition) is 1. The Balaban J connectivity index is 2.67. The molecule has 1 atom stereocenters. The number of thiazole rings is 1. The molecule has 1 rings (SSSR count). The van der Waals surface area contributed by atoms with Crippen LogP contribution in [0.25, 0.3) is 0 Å². The van der Waals surface area contributed by atoms with Crippen molar-refractivity contribution in [2.75, 3.05) is 12.3 Å². The maximum atomic E-state index is 4.61. The van der Waals surface area contributed by atoms with Gasteiger partial charge in [-0.25, -0.2) is 4.98 Å². The molecule has 0 saturated carbocycles. The molecule has 0 saturated heterocycles. The second-order valence-electron chi connectivity index (χ2n) is 3.47. The Hall–Kier alpha value is -0.0600. The van der Waals surface area contributed by atoms with Crippen molar-refractivity contribution in [3.8, 4) is 0 Å². The zero-order valence-corrected chi connectivity index (χ0v) is 11.6. The van der Waals surface area contributed by atoms with Gasteiger partial charge in [0.1, 0.15) is 5.01 Å². The molecule has 0 radical (unpaired) electrons. The van der Waals surface area contributed by atoms with Crippen molar-refractivity contribution < 1.29 is 0 Å². The van der Waals surface area contributed by atoms with E-state index in [4.69, 9.17) is 0 Å². The van der Waals surface area contributed by atoms with Crippen LogP contribution < -0.4 is 5.32 Å². The topological polar surface area (TPSA) is 24.9 Å². The summed E-state index contributed by atoms with van der Waals surface area (Å²) >= 11 is 3.79. The highest BCUT2D eigenvalue weighted by molar-refractivity contribution is 7.98. The first-order valence-corrected chi connectivity index (χ1v) is 7.43. The van der Waals surface area contributed by atoms with Crippen molar-refractivity contribution in [2.45, 2.75) is 39.5 Å². The SMILES string of the molecule is CCNC(C)c1sc(CSCC)nc1C. The Morgan fingerprint density at radius 2 is 2.20 bits per heavy atom. The second kappa shape index (κ2) is 6.51. The number of nitrogens with one attached hydrogen (secondary N) is 1. The van der Waals surface area contributed by atoms with Crippen LogP contribution in [0, 0.1) is 6.92 Å². The largest absolute Gasteiger partial charge is 0.310 e. The van der Waals surface area contributed by atoms with Gasteiger partial charge in [0.2, 0.25) is 0 Å². The summed E-state index contributed by atoms with van der Waals surface area (Å²) in [5.41, 5.74) is 1.19. The highest BCUT2D eigenvalue weighted by Crippen LogP contribution is 2.27. The molecule has 1 unspecified atom stereocenters. The van der Waals surface area contributed by atoms with Gasteiger partial charge in [0.15, 0.2) is 0 Å². The Labute approximate surface area is 101 Å². The van der Waals surface area contributed by atoms with Gasteiger partial charge in [0.25, 0.3) is 0 Å². The molecule has 0 fully saturated rings. The van der Waals surface area contributed by atoms with Crippen LogP contribution in [0.15, 0.2) is 0 Å². The van der Waals surface area contributed by atoms with Crippen LogP contribution >= 0.6 is 23.1 Å². The first-order chi connectivity index (χ1) is 7.19. The van der Waals surface area contributed by atoms with E-state index in [0.29, 0.717) is 6.04 Å². The minimum atomic E-state index is 0.438. The molecule has 0 aromatic carbocycles. The van der Waals surface area contributed by atoms with E-state index in [1.165, 1.54) is 15.6 Å². The minimum absolute atomic E-state index is 0.438. The molecule has 1 heterocycles. The maximum Gasteiger partial charge on any atom is 0.103 e. The fourth-order valence-corrected chi connectivity index (χ4v) is 3.34. The number of rotatable bonds is 6. The summed E-state index contributed by atoms with van der Waals surface area (Å²) in [5, 5.41) is 4.70. The first kappa shape index (κ1) is 13.0. The van der Waals surface area contributed by atoms with Crippen molar-refractivity contribution in [1.82, 2.24) is 10.3 Å². The molecule has 1 aromatic heterocycles. The molecule has 0 aliphatic heterocycles. The number of hydrogen-bond acceptors (Lipinski definition) is 4. The third kappa shape index (κ3) is 3.78. The smallest absolute Gasteiger partial charge is 0.103 e. The second-order valence-corrected chi connectivity index (χ2v) is 5.86. The number of aryl methyl sites for hydroxylation is 1. The molecule has 0 aliphatic rings. The predicted octanol–water partition coefficient (Wildman–Crippen LogP) is 3.38. The Kier molecular flexibility index (Phi) is 5.64. The van der Waals surface area contributed by atoms with Crippen LogP contribution in [0.1, 0.15) is 42.4 Å². The van der Waals surface area contributed by atoms with Gasteiger partial charge in [-0.1, -0.05) is 13.8 Å². The molecule has 0 bridgehead atoms. The van der Waals surface area contributed by atoms with Gasteiger partial charge in [-0.3, -0.25) is 0 Å².